The summed E-state index contributed by atoms with van der Waals surface area (Å²) in [6.07, 6.45) is 0. The maximum atomic E-state index is 10.8. The van der Waals surface area contributed by atoms with Gasteiger partial charge in [0.25, 0.3) is 0 Å². The summed E-state index contributed by atoms with van der Waals surface area (Å²) in [7, 11) is 3.24. The number of hydrogen-bond acceptors (Lipinski definition) is 6. The molecule has 0 aliphatic rings. The molecule has 0 spiro atoms. The molecule has 0 aliphatic carbocycles. The third kappa shape index (κ3) is 6.80. The van der Waals surface area contributed by atoms with Gasteiger partial charge in [0.1, 0.15) is 11.5 Å². The quantitative estimate of drug-likeness (QED) is 0.359. The number of ether oxygens (including phenoxy) is 2. The van der Waals surface area contributed by atoms with E-state index in [1.54, 1.807) is 28.1 Å². The minimum Gasteiger partial charge on any atom is -0.550 e. The van der Waals surface area contributed by atoms with E-state index in [0.29, 0.717) is 0 Å². The zero-order valence-corrected chi connectivity index (χ0v) is 23.2. The molecule has 0 amide bonds. The molecule has 35 heavy (non-hydrogen) atoms. The van der Waals surface area contributed by atoms with Crippen molar-refractivity contribution in [3.63, 3.8) is 0 Å². The smallest absolute Gasteiger partial charge is 0.550 e. The van der Waals surface area contributed by atoms with Gasteiger partial charge in [-0.15, -0.1) is 0 Å². The molecule has 0 heterocycles. The van der Waals surface area contributed by atoms with E-state index in [2.05, 4.69) is 0 Å². The van der Waals surface area contributed by atoms with Gasteiger partial charge >= 0.3 is 19.5 Å². The van der Waals surface area contributed by atoms with Crippen LogP contribution in [0.25, 0.3) is 21.5 Å². The second kappa shape index (κ2) is 12.3. The van der Waals surface area contributed by atoms with Crippen molar-refractivity contribution in [2.24, 2.45) is 0 Å². The Morgan fingerprint density at radius 2 is 0.914 bits per heavy atom. The summed E-state index contributed by atoms with van der Waals surface area (Å²) in [5.74, 6) is -1.73. The van der Waals surface area contributed by atoms with Crippen molar-refractivity contribution in [2.45, 2.75) is 25.7 Å². The third-order valence-electron chi connectivity index (χ3n) is 5.85. The largest absolute Gasteiger partial charge is 2.00 e. The van der Waals surface area contributed by atoms with Crippen molar-refractivity contribution in [3.8, 4) is 11.5 Å². The van der Waals surface area contributed by atoms with Gasteiger partial charge < -0.3 is 29.3 Å². The van der Waals surface area contributed by atoms with Crippen LogP contribution in [0.15, 0.2) is 72.8 Å². The molecule has 0 fully saturated rings. The molecule has 4 rings (SSSR count). The Bertz CT molecular complexity index is 1230. The molecule has 6 nitrogen and oxygen atoms in total. The molecule has 0 aliphatic heterocycles. The fourth-order valence-corrected chi connectivity index (χ4v) is 3.55. The number of carbonyl (C=O) groups excluding carboxylic acids is 2. The first-order valence-electron chi connectivity index (χ1n) is 10.8. The van der Waals surface area contributed by atoms with E-state index in [-0.39, 0.29) is 19.5 Å². The monoisotopic (exact) mass is 522 g/mol. The molecule has 0 aromatic heterocycles. The summed E-state index contributed by atoms with van der Waals surface area (Å²) in [6, 6.07) is 22.5. The Hall–Kier alpha value is -3.44. The molecule has 0 saturated heterocycles. The maximum absolute atomic E-state index is 10.8. The van der Waals surface area contributed by atoms with E-state index in [1.807, 2.05) is 72.8 Å². The van der Waals surface area contributed by atoms with E-state index < -0.39 is 23.8 Å². The van der Waals surface area contributed by atoms with E-state index in [1.165, 1.54) is 0 Å². The standard InChI is InChI=1S/2C14H14O3.Zn/c2*1-9(14(15)16)10-3-4-12-8-13(17-2)6-5-11(12)7-10;/h2*3-9H,1-2H3,(H,15,16);/q;;+2/p-2/t2*9-;/m00./s1. The van der Waals surface area contributed by atoms with Gasteiger partial charge in [0.05, 0.1) is 14.2 Å². The van der Waals surface area contributed by atoms with Gasteiger partial charge in [-0.05, 0) is 56.9 Å². The summed E-state index contributed by atoms with van der Waals surface area (Å²) < 4.78 is 10.3. The van der Waals surface area contributed by atoms with Crippen molar-refractivity contribution < 1.29 is 48.8 Å². The van der Waals surface area contributed by atoms with Crippen LogP contribution in [0.5, 0.6) is 11.5 Å². The normalized spacial score (nSPS) is 12.0. The number of carboxylic acid groups (broad SMARTS) is 2. The van der Waals surface area contributed by atoms with Crippen LogP contribution in [0.4, 0.5) is 0 Å². The van der Waals surface area contributed by atoms with Gasteiger partial charge in [-0.1, -0.05) is 62.4 Å². The van der Waals surface area contributed by atoms with Crippen LogP contribution in [-0.4, -0.2) is 26.2 Å². The van der Waals surface area contributed by atoms with Crippen LogP contribution in [0, 0.1) is 0 Å². The average Bonchev–Trinajstić information content (AvgIpc) is 2.86. The molecular formula is C28H26O6Zn. The van der Waals surface area contributed by atoms with Gasteiger partial charge in [0.15, 0.2) is 0 Å². The van der Waals surface area contributed by atoms with E-state index in [0.717, 1.165) is 44.2 Å². The summed E-state index contributed by atoms with van der Waals surface area (Å²) in [5, 5.41) is 25.7. The van der Waals surface area contributed by atoms with Crippen LogP contribution in [0.1, 0.15) is 36.8 Å². The van der Waals surface area contributed by atoms with E-state index >= 15 is 0 Å². The Balaban J connectivity index is 0.000000240. The summed E-state index contributed by atoms with van der Waals surface area (Å²) in [5.41, 5.74) is 1.50. The first-order valence-corrected chi connectivity index (χ1v) is 10.8. The Morgan fingerprint density at radius 3 is 1.23 bits per heavy atom. The van der Waals surface area contributed by atoms with Crippen LogP contribution in [0.2, 0.25) is 0 Å². The SMILES string of the molecule is COc1ccc2cc([C@H](C)C(=O)[O-])ccc2c1.COc1ccc2cc([C@H](C)C(=O)[O-])ccc2c1.[Zn+2]. The van der Waals surface area contributed by atoms with Crippen molar-refractivity contribution in [3.05, 3.63) is 83.9 Å². The molecule has 0 radical (unpaired) electrons. The fourth-order valence-electron chi connectivity index (χ4n) is 3.55. The van der Waals surface area contributed by atoms with Crippen molar-refractivity contribution in [2.75, 3.05) is 14.2 Å². The number of methoxy groups -OCH3 is 2. The van der Waals surface area contributed by atoms with Crippen molar-refractivity contribution >= 4 is 33.5 Å². The molecule has 2 atom stereocenters. The third-order valence-corrected chi connectivity index (χ3v) is 5.85. The fraction of sp³-hybridized carbons (Fsp3) is 0.214. The molecule has 4 aromatic carbocycles. The van der Waals surface area contributed by atoms with Crippen LogP contribution >= 0.6 is 0 Å². The first-order chi connectivity index (χ1) is 16.2. The average molecular weight is 524 g/mol. The molecule has 7 heteroatoms. The van der Waals surface area contributed by atoms with Gasteiger partial charge in [0, 0.05) is 23.8 Å². The zero-order valence-electron chi connectivity index (χ0n) is 20.2. The van der Waals surface area contributed by atoms with E-state index in [4.69, 9.17) is 9.47 Å². The minimum atomic E-state index is -1.06. The van der Waals surface area contributed by atoms with Crippen LogP contribution in [-0.2, 0) is 29.1 Å². The maximum Gasteiger partial charge on any atom is 2.00 e. The predicted molar refractivity (Wildman–Crippen MR) is 128 cm³/mol. The molecule has 0 saturated carbocycles. The molecule has 0 bridgehead atoms. The number of benzene rings is 4. The van der Waals surface area contributed by atoms with Gasteiger partial charge in [-0.3, -0.25) is 0 Å². The number of carboxylic acids is 2. The van der Waals surface area contributed by atoms with Gasteiger partial charge in [-0.2, -0.15) is 0 Å². The number of fused-ring (bicyclic) bond motifs is 2. The zero-order chi connectivity index (χ0) is 24.8. The molecular weight excluding hydrogens is 498 g/mol. The summed E-state index contributed by atoms with van der Waals surface area (Å²) >= 11 is 0. The number of aliphatic carboxylic acids is 2. The second-order valence-electron chi connectivity index (χ2n) is 8.03. The Kier molecular flexibility index (Phi) is 9.79. The number of hydrogen-bond donors (Lipinski definition) is 0. The molecule has 0 N–H and O–H groups in total. The van der Waals surface area contributed by atoms with Crippen molar-refractivity contribution in [1.82, 2.24) is 0 Å². The van der Waals surface area contributed by atoms with Crippen LogP contribution in [0.3, 0.4) is 0 Å². The summed E-state index contributed by atoms with van der Waals surface area (Å²) in [4.78, 5) is 21.6. The van der Waals surface area contributed by atoms with Gasteiger partial charge in [-0.25, -0.2) is 0 Å². The molecule has 4 aromatic rings. The van der Waals surface area contributed by atoms with Crippen molar-refractivity contribution in [1.29, 1.82) is 0 Å². The van der Waals surface area contributed by atoms with Crippen LogP contribution < -0.4 is 19.7 Å². The number of carbonyl (C=O) groups is 2. The Morgan fingerprint density at radius 1 is 0.600 bits per heavy atom. The topological polar surface area (TPSA) is 98.7 Å². The molecule has 176 valence electrons. The molecule has 0 unspecified atom stereocenters. The summed E-state index contributed by atoms with van der Waals surface area (Å²) in [6.45, 7) is 3.25. The number of rotatable bonds is 6. The Labute approximate surface area is 217 Å². The predicted octanol–water partition coefficient (Wildman–Crippen LogP) is 3.40. The first kappa shape index (κ1) is 27.8. The van der Waals surface area contributed by atoms with Gasteiger partial charge in [0.2, 0.25) is 0 Å². The minimum absolute atomic E-state index is 0. The van der Waals surface area contributed by atoms with E-state index in [9.17, 15) is 19.8 Å². The second-order valence-corrected chi connectivity index (χ2v) is 8.03.